The number of halogens is 3. The van der Waals surface area contributed by atoms with Crippen LogP contribution in [0, 0.1) is 25.5 Å². The molecule has 0 aromatic heterocycles. The molecular formula is C16H16ClF2N. The SMILES string of the molecule is CNC(c1cc(F)c(C)cc1F)c1cccc(C)c1Cl. The lowest BCUT2D eigenvalue weighted by Crippen LogP contribution is -2.20. The molecule has 0 radical (unpaired) electrons. The van der Waals surface area contributed by atoms with Crippen LogP contribution < -0.4 is 5.32 Å². The Kier molecular flexibility index (Phi) is 4.41. The van der Waals surface area contributed by atoms with Crippen molar-refractivity contribution in [2.24, 2.45) is 0 Å². The maximum atomic E-state index is 14.1. The molecule has 0 spiro atoms. The third-order valence-corrected chi connectivity index (χ3v) is 3.93. The van der Waals surface area contributed by atoms with E-state index < -0.39 is 17.7 Å². The fraction of sp³-hybridized carbons (Fsp3) is 0.250. The molecule has 2 rings (SSSR count). The van der Waals surface area contributed by atoms with Gasteiger partial charge < -0.3 is 5.32 Å². The van der Waals surface area contributed by atoms with E-state index in [1.807, 2.05) is 25.1 Å². The second-order valence-corrected chi connectivity index (χ2v) is 5.20. The number of hydrogen-bond acceptors (Lipinski definition) is 1. The van der Waals surface area contributed by atoms with Gasteiger partial charge in [0.1, 0.15) is 11.6 Å². The molecule has 4 heteroatoms. The van der Waals surface area contributed by atoms with Crippen LogP contribution in [0.4, 0.5) is 8.78 Å². The van der Waals surface area contributed by atoms with Gasteiger partial charge in [0.2, 0.25) is 0 Å². The Morgan fingerprint density at radius 3 is 2.35 bits per heavy atom. The molecule has 0 saturated carbocycles. The van der Waals surface area contributed by atoms with Gasteiger partial charge in [-0.25, -0.2) is 8.78 Å². The monoisotopic (exact) mass is 295 g/mol. The Balaban J connectivity index is 2.58. The van der Waals surface area contributed by atoms with Crippen LogP contribution in [0.1, 0.15) is 28.3 Å². The van der Waals surface area contributed by atoms with Crippen molar-refractivity contribution in [3.63, 3.8) is 0 Å². The third-order valence-electron chi connectivity index (χ3n) is 3.41. The van der Waals surface area contributed by atoms with E-state index in [0.717, 1.165) is 11.1 Å². The largest absolute Gasteiger partial charge is 0.309 e. The van der Waals surface area contributed by atoms with E-state index in [4.69, 9.17) is 11.6 Å². The first-order valence-corrected chi connectivity index (χ1v) is 6.71. The van der Waals surface area contributed by atoms with Crippen LogP contribution in [0.15, 0.2) is 30.3 Å². The molecule has 0 amide bonds. The van der Waals surface area contributed by atoms with Crippen LogP contribution >= 0.6 is 11.6 Å². The average molecular weight is 296 g/mol. The smallest absolute Gasteiger partial charge is 0.128 e. The number of benzene rings is 2. The van der Waals surface area contributed by atoms with E-state index in [2.05, 4.69) is 5.32 Å². The lowest BCUT2D eigenvalue weighted by Gasteiger charge is -2.20. The van der Waals surface area contributed by atoms with E-state index in [-0.39, 0.29) is 11.1 Å². The lowest BCUT2D eigenvalue weighted by molar-refractivity contribution is 0.553. The van der Waals surface area contributed by atoms with Gasteiger partial charge in [-0.3, -0.25) is 0 Å². The highest BCUT2D eigenvalue weighted by molar-refractivity contribution is 6.32. The molecule has 0 saturated heterocycles. The summed E-state index contributed by atoms with van der Waals surface area (Å²) < 4.78 is 27.9. The number of nitrogens with one attached hydrogen (secondary N) is 1. The number of hydrogen-bond donors (Lipinski definition) is 1. The van der Waals surface area contributed by atoms with Gasteiger partial charge in [0.15, 0.2) is 0 Å². The van der Waals surface area contributed by atoms with Crippen molar-refractivity contribution in [2.75, 3.05) is 7.05 Å². The predicted molar refractivity (Wildman–Crippen MR) is 78.2 cm³/mol. The van der Waals surface area contributed by atoms with Gasteiger partial charge in [0.05, 0.1) is 6.04 Å². The highest BCUT2D eigenvalue weighted by Crippen LogP contribution is 2.32. The van der Waals surface area contributed by atoms with Crippen LogP contribution in [-0.4, -0.2) is 7.05 Å². The Bertz CT molecular complexity index is 641. The topological polar surface area (TPSA) is 12.0 Å². The van der Waals surface area contributed by atoms with Crippen LogP contribution in [0.25, 0.3) is 0 Å². The van der Waals surface area contributed by atoms with E-state index in [1.165, 1.54) is 19.1 Å². The molecule has 0 aliphatic heterocycles. The van der Waals surface area contributed by atoms with Crippen LogP contribution in [0.5, 0.6) is 0 Å². The molecule has 0 aliphatic carbocycles. The van der Waals surface area contributed by atoms with E-state index in [9.17, 15) is 8.78 Å². The molecule has 1 N–H and O–H groups in total. The van der Waals surface area contributed by atoms with Crippen molar-refractivity contribution in [1.82, 2.24) is 5.32 Å². The minimum absolute atomic E-state index is 0.253. The average Bonchev–Trinajstić information content (AvgIpc) is 2.41. The summed E-state index contributed by atoms with van der Waals surface area (Å²) in [6.07, 6.45) is 0. The van der Waals surface area contributed by atoms with Gasteiger partial charge in [-0.1, -0.05) is 29.8 Å². The summed E-state index contributed by atoms with van der Waals surface area (Å²) in [7, 11) is 1.69. The zero-order valence-electron chi connectivity index (χ0n) is 11.6. The Morgan fingerprint density at radius 1 is 1.00 bits per heavy atom. The van der Waals surface area contributed by atoms with E-state index in [0.29, 0.717) is 5.02 Å². The maximum Gasteiger partial charge on any atom is 0.128 e. The van der Waals surface area contributed by atoms with Crippen LogP contribution in [-0.2, 0) is 0 Å². The molecule has 1 unspecified atom stereocenters. The second-order valence-electron chi connectivity index (χ2n) is 4.82. The Morgan fingerprint density at radius 2 is 1.70 bits per heavy atom. The first-order valence-electron chi connectivity index (χ1n) is 6.33. The zero-order valence-corrected chi connectivity index (χ0v) is 12.4. The van der Waals surface area contributed by atoms with Crippen molar-refractivity contribution < 1.29 is 8.78 Å². The lowest BCUT2D eigenvalue weighted by atomic mass is 9.96. The standard InChI is InChI=1S/C16H16ClF2N/c1-9-5-4-6-11(15(9)17)16(20-3)12-8-13(18)10(2)7-14(12)19/h4-8,16,20H,1-3H3. The van der Waals surface area contributed by atoms with Gasteiger partial charge in [0, 0.05) is 10.6 Å². The highest BCUT2D eigenvalue weighted by atomic mass is 35.5. The molecular weight excluding hydrogens is 280 g/mol. The molecule has 1 nitrogen and oxygen atoms in total. The Labute approximate surface area is 122 Å². The maximum absolute atomic E-state index is 14.1. The van der Waals surface area contributed by atoms with Crippen molar-refractivity contribution in [3.05, 3.63) is 69.2 Å². The zero-order chi connectivity index (χ0) is 14.9. The van der Waals surface area contributed by atoms with E-state index in [1.54, 1.807) is 7.05 Å². The summed E-state index contributed by atoms with van der Waals surface area (Å²) >= 11 is 6.28. The molecule has 1 atom stereocenters. The van der Waals surface area contributed by atoms with Gasteiger partial charge in [0.25, 0.3) is 0 Å². The summed E-state index contributed by atoms with van der Waals surface area (Å²) in [6, 6.07) is 7.49. The normalized spacial score (nSPS) is 12.5. The quantitative estimate of drug-likeness (QED) is 0.876. The van der Waals surface area contributed by atoms with Crippen molar-refractivity contribution in [3.8, 4) is 0 Å². The van der Waals surface area contributed by atoms with Gasteiger partial charge in [-0.05, 0) is 49.7 Å². The van der Waals surface area contributed by atoms with Crippen LogP contribution in [0.2, 0.25) is 5.02 Å². The van der Waals surface area contributed by atoms with Crippen molar-refractivity contribution >= 4 is 11.6 Å². The fourth-order valence-corrected chi connectivity index (χ4v) is 2.49. The van der Waals surface area contributed by atoms with Gasteiger partial charge >= 0.3 is 0 Å². The van der Waals surface area contributed by atoms with Gasteiger partial charge in [-0.2, -0.15) is 0 Å². The molecule has 20 heavy (non-hydrogen) atoms. The first kappa shape index (κ1) is 14.9. The van der Waals surface area contributed by atoms with E-state index >= 15 is 0 Å². The number of aryl methyl sites for hydroxylation is 2. The summed E-state index contributed by atoms with van der Waals surface area (Å²) in [5, 5.41) is 3.56. The van der Waals surface area contributed by atoms with Gasteiger partial charge in [-0.15, -0.1) is 0 Å². The fourth-order valence-electron chi connectivity index (χ4n) is 2.25. The minimum Gasteiger partial charge on any atom is -0.309 e. The minimum atomic E-state index is -0.488. The van der Waals surface area contributed by atoms with Crippen molar-refractivity contribution in [1.29, 1.82) is 0 Å². The molecule has 0 heterocycles. The third kappa shape index (κ3) is 2.69. The molecule has 2 aromatic carbocycles. The number of rotatable bonds is 3. The Hall–Kier alpha value is -1.45. The van der Waals surface area contributed by atoms with Crippen molar-refractivity contribution in [2.45, 2.75) is 19.9 Å². The molecule has 0 bridgehead atoms. The predicted octanol–water partition coefficient (Wildman–Crippen LogP) is 4.54. The highest BCUT2D eigenvalue weighted by Gasteiger charge is 2.20. The molecule has 106 valence electrons. The summed E-state index contributed by atoms with van der Waals surface area (Å²) in [5.41, 5.74) is 2.17. The second kappa shape index (κ2) is 5.90. The first-order chi connectivity index (χ1) is 9.45. The molecule has 0 fully saturated rings. The summed E-state index contributed by atoms with van der Waals surface area (Å²) in [5.74, 6) is -0.869. The molecule has 2 aromatic rings. The summed E-state index contributed by atoms with van der Waals surface area (Å²) in [4.78, 5) is 0. The molecule has 0 aliphatic rings. The van der Waals surface area contributed by atoms with Crippen LogP contribution in [0.3, 0.4) is 0 Å². The summed E-state index contributed by atoms with van der Waals surface area (Å²) in [6.45, 7) is 3.42.